The molecule has 0 unspecified atom stereocenters. The maximum absolute atomic E-state index is 12.8. The molecule has 158 valence electrons. The second-order valence-corrected chi connectivity index (χ2v) is 10.7. The first-order valence-corrected chi connectivity index (χ1v) is 12.6. The zero-order chi connectivity index (χ0) is 21.2. The van der Waals surface area contributed by atoms with Crippen LogP contribution in [0.15, 0.2) is 23.9 Å². The number of rotatable bonds is 9. The van der Waals surface area contributed by atoms with Crippen molar-refractivity contribution in [3.05, 3.63) is 41.5 Å². The van der Waals surface area contributed by atoms with E-state index in [0.29, 0.717) is 23.9 Å². The van der Waals surface area contributed by atoms with Crippen LogP contribution in [0.2, 0.25) is 0 Å². The number of aromatic nitrogens is 4. The highest BCUT2D eigenvalue weighted by atomic mass is 32.2. The minimum absolute atomic E-state index is 0.0589. The number of Topliss-reactive ketones (excluding diaryl/α,β-unsaturated/α-hetero) is 1. The quantitative estimate of drug-likeness (QED) is 0.341. The van der Waals surface area contributed by atoms with E-state index in [2.05, 4.69) is 28.3 Å². The monoisotopic (exact) mass is 436 g/mol. The van der Waals surface area contributed by atoms with Crippen LogP contribution < -0.4 is 0 Å². The molecule has 3 heterocycles. The number of carbonyl (C=O) groups excluding carboxylic acids is 1. The largest absolute Gasteiger partial charge is 0.348 e. The Balaban J connectivity index is 1.76. The van der Waals surface area contributed by atoms with Crippen LogP contribution in [0.25, 0.3) is 0 Å². The van der Waals surface area contributed by atoms with Crippen molar-refractivity contribution in [3.63, 3.8) is 0 Å². The molecule has 1 saturated heterocycles. The molecule has 0 spiro atoms. The first kappa shape index (κ1) is 21.8. The number of aryl methyl sites for hydroxylation is 1. The Hall–Kier alpha value is -1.87. The minimum atomic E-state index is -3.01. The number of thioether (sulfide) groups is 1. The van der Waals surface area contributed by atoms with Gasteiger partial charge in [0.05, 0.1) is 17.3 Å². The maximum Gasteiger partial charge on any atom is 0.191 e. The predicted octanol–water partition coefficient (Wildman–Crippen LogP) is 3.17. The summed E-state index contributed by atoms with van der Waals surface area (Å²) in [6.45, 7) is 11.3. The van der Waals surface area contributed by atoms with Crippen molar-refractivity contribution >= 4 is 27.4 Å². The highest BCUT2D eigenvalue weighted by molar-refractivity contribution is 7.99. The molecule has 29 heavy (non-hydrogen) atoms. The highest BCUT2D eigenvalue weighted by Gasteiger charge is 2.33. The molecule has 1 atom stereocenters. The first-order valence-electron chi connectivity index (χ1n) is 9.84. The predicted molar refractivity (Wildman–Crippen MR) is 115 cm³/mol. The van der Waals surface area contributed by atoms with E-state index in [9.17, 15) is 13.2 Å². The second-order valence-electron chi connectivity index (χ2n) is 7.49. The van der Waals surface area contributed by atoms with Gasteiger partial charge in [0, 0.05) is 36.0 Å². The Morgan fingerprint density at radius 3 is 2.72 bits per heavy atom. The standard InChI is InChI=1S/C20H28N4O3S2/c1-5-8-23-14(3)11-17(15(23)4)18(25)12-28-20-22-21-19(24(20)9-6-2)16-7-10-29(26,27)13-16/h6,11,16H,2,5,7-10,12-13H2,1,3-4H3/t16-/m1/s1. The molecule has 0 aromatic carbocycles. The van der Waals surface area contributed by atoms with Gasteiger partial charge in [0.1, 0.15) is 5.82 Å². The van der Waals surface area contributed by atoms with Crippen molar-refractivity contribution in [1.82, 2.24) is 19.3 Å². The summed E-state index contributed by atoms with van der Waals surface area (Å²) in [5.41, 5.74) is 2.84. The first-order chi connectivity index (χ1) is 13.8. The Morgan fingerprint density at radius 2 is 2.10 bits per heavy atom. The molecule has 0 saturated carbocycles. The fourth-order valence-corrected chi connectivity index (χ4v) is 6.44. The molecule has 1 aliphatic heterocycles. The Labute approximate surface area is 176 Å². The van der Waals surface area contributed by atoms with Gasteiger partial charge in [-0.1, -0.05) is 24.8 Å². The maximum atomic E-state index is 12.8. The van der Waals surface area contributed by atoms with Crippen molar-refractivity contribution in [2.45, 2.75) is 57.8 Å². The third-order valence-corrected chi connectivity index (χ3v) is 8.04. The molecule has 1 fully saturated rings. The number of hydrogen-bond acceptors (Lipinski definition) is 6. The van der Waals surface area contributed by atoms with Gasteiger partial charge in [-0.3, -0.25) is 4.79 Å². The van der Waals surface area contributed by atoms with Gasteiger partial charge >= 0.3 is 0 Å². The molecule has 0 bridgehead atoms. The van der Waals surface area contributed by atoms with Crippen molar-refractivity contribution in [2.75, 3.05) is 17.3 Å². The van der Waals surface area contributed by atoms with E-state index >= 15 is 0 Å². The van der Waals surface area contributed by atoms with Crippen molar-refractivity contribution < 1.29 is 13.2 Å². The van der Waals surface area contributed by atoms with Gasteiger partial charge in [-0.2, -0.15) is 0 Å². The third kappa shape index (κ3) is 4.66. The lowest BCUT2D eigenvalue weighted by Crippen LogP contribution is -2.12. The third-order valence-electron chi connectivity index (χ3n) is 5.31. The van der Waals surface area contributed by atoms with E-state index in [1.54, 1.807) is 6.08 Å². The van der Waals surface area contributed by atoms with E-state index in [-0.39, 0.29) is 29.0 Å². The number of sulfone groups is 1. The molecule has 0 radical (unpaired) electrons. The van der Waals surface area contributed by atoms with Crippen LogP contribution in [-0.2, 0) is 22.9 Å². The summed E-state index contributed by atoms with van der Waals surface area (Å²) >= 11 is 1.34. The lowest BCUT2D eigenvalue weighted by atomic mass is 10.1. The van der Waals surface area contributed by atoms with Crippen molar-refractivity contribution in [3.8, 4) is 0 Å². The summed E-state index contributed by atoms with van der Waals surface area (Å²) in [5.74, 6) is 1.13. The van der Waals surface area contributed by atoms with Crippen molar-refractivity contribution in [2.24, 2.45) is 0 Å². The SMILES string of the molecule is C=CCn1c(SCC(=O)c2cc(C)n(CCC)c2C)nnc1[C@@H]1CCS(=O)(=O)C1. The van der Waals surface area contributed by atoms with Gasteiger partial charge in [-0.15, -0.1) is 16.8 Å². The molecule has 7 nitrogen and oxygen atoms in total. The van der Waals surface area contributed by atoms with E-state index < -0.39 is 9.84 Å². The molecule has 0 N–H and O–H groups in total. The fourth-order valence-electron chi connectivity index (χ4n) is 3.87. The normalized spacial score (nSPS) is 18.2. The van der Waals surface area contributed by atoms with Gasteiger partial charge in [0.15, 0.2) is 20.8 Å². The number of allylic oxidation sites excluding steroid dienone is 1. The number of hydrogen-bond donors (Lipinski definition) is 0. The van der Waals surface area contributed by atoms with Gasteiger partial charge in [-0.25, -0.2) is 8.42 Å². The topological polar surface area (TPSA) is 86.8 Å². The van der Waals surface area contributed by atoms with E-state index in [1.807, 2.05) is 24.5 Å². The van der Waals surface area contributed by atoms with E-state index in [0.717, 1.165) is 29.9 Å². The number of carbonyl (C=O) groups is 1. The van der Waals surface area contributed by atoms with Gasteiger partial charge in [-0.05, 0) is 32.8 Å². The molecule has 0 aliphatic carbocycles. The molecule has 3 rings (SSSR count). The Morgan fingerprint density at radius 1 is 1.34 bits per heavy atom. The van der Waals surface area contributed by atoms with Crippen LogP contribution in [-0.4, -0.2) is 50.8 Å². The molecular weight excluding hydrogens is 408 g/mol. The average molecular weight is 437 g/mol. The molecule has 2 aromatic heterocycles. The smallest absolute Gasteiger partial charge is 0.191 e. The van der Waals surface area contributed by atoms with E-state index in [1.165, 1.54) is 11.8 Å². The summed E-state index contributed by atoms with van der Waals surface area (Å²) in [6, 6.07) is 1.96. The van der Waals surface area contributed by atoms with Crippen LogP contribution >= 0.6 is 11.8 Å². The summed E-state index contributed by atoms with van der Waals surface area (Å²) in [7, 11) is -3.01. The Bertz CT molecular complexity index is 1020. The van der Waals surface area contributed by atoms with Gasteiger partial charge in [0.2, 0.25) is 0 Å². The summed E-state index contributed by atoms with van der Waals surface area (Å²) in [4.78, 5) is 12.8. The summed E-state index contributed by atoms with van der Waals surface area (Å²) in [6.07, 6.45) is 3.31. The summed E-state index contributed by atoms with van der Waals surface area (Å²) in [5, 5.41) is 9.13. The molecule has 1 aliphatic rings. The van der Waals surface area contributed by atoms with E-state index in [4.69, 9.17) is 0 Å². The second kappa shape index (κ2) is 8.87. The summed E-state index contributed by atoms with van der Waals surface area (Å²) < 4.78 is 27.7. The van der Waals surface area contributed by atoms with Crippen LogP contribution in [0.4, 0.5) is 0 Å². The molecule has 9 heteroatoms. The lowest BCUT2D eigenvalue weighted by Gasteiger charge is -2.11. The van der Waals surface area contributed by atoms with Crippen LogP contribution in [0.5, 0.6) is 0 Å². The highest BCUT2D eigenvalue weighted by Crippen LogP contribution is 2.30. The van der Waals surface area contributed by atoms with Gasteiger partial charge in [0.25, 0.3) is 0 Å². The fraction of sp³-hybridized carbons (Fsp3) is 0.550. The van der Waals surface area contributed by atoms with Crippen LogP contribution in [0, 0.1) is 13.8 Å². The minimum Gasteiger partial charge on any atom is -0.348 e. The van der Waals surface area contributed by atoms with Gasteiger partial charge < -0.3 is 9.13 Å². The number of ketones is 1. The Kier molecular flexibility index (Phi) is 6.68. The van der Waals surface area contributed by atoms with Crippen LogP contribution in [0.1, 0.15) is 53.3 Å². The molecule has 0 amide bonds. The molecule has 2 aromatic rings. The zero-order valence-electron chi connectivity index (χ0n) is 17.2. The zero-order valence-corrected chi connectivity index (χ0v) is 18.9. The van der Waals surface area contributed by atoms with Crippen molar-refractivity contribution in [1.29, 1.82) is 0 Å². The molecular formula is C20H28N4O3S2. The van der Waals surface area contributed by atoms with Crippen LogP contribution in [0.3, 0.4) is 0 Å². The lowest BCUT2D eigenvalue weighted by molar-refractivity contribution is 0.102. The average Bonchev–Trinajstić information content (AvgIpc) is 3.31. The number of nitrogens with zero attached hydrogens (tertiary/aromatic N) is 4.